The van der Waals surface area contributed by atoms with E-state index in [-0.39, 0.29) is 11.4 Å². The molecule has 0 bridgehead atoms. The van der Waals surface area contributed by atoms with Crippen molar-refractivity contribution in [2.75, 3.05) is 18.4 Å². The van der Waals surface area contributed by atoms with Gasteiger partial charge >= 0.3 is 12.2 Å². The maximum absolute atomic E-state index is 12.1. The maximum atomic E-state index is 12.1. The van der Waals surface area contributed by atoms with Crippen LogP contribution >= 0.6 is 15.9 Å². The van der Waals surface area contributed by atoms with Crippen LogP contribution in [0.2, 0.25) is 0 Å². The Morgan fingerprint density at radius 3 is 2.60 bits per heavy atom. The number of furan rings is 1. The third-order valence-electron chi connectivity index (χ3n) is 3.90. The summed E-state index contributed by atoms with van der Waals surface area (Å²) in [7, 11) is 0. The number of benzene rings is 1. The Labute approximate surface area is 151 Å². The van der Waals surface area contributed by atoms with Gasteiger partial charge < -0.3 is 19.8 Å². The summed E-state index contributed by atoms with van der Waals surface area (Å²) in [5.74, 6) is -1.06. The van der Waals surface area contributed by atoms with Crippen LogP contribution < -0.4 is 11.1 Å². The standard InChI is InChI=1S/C16H16BrN3O5/c17-9-4-5-11-10(8-9)12(13(24-11)14(18)21)19-15(22)25-16(23)20-6-2-1-3-7-20/h4-5,8H,1-3,6-7H2,(H2,18,21)(H,19,22). The van der Waals surface area contributed by atoms with Gasteiger partial charge in [-0.15, -0.1) is 0 Å². The molecule has 9 heteroatoms. The van der Waals surface area contributed by atoms with Gasteiger partial charge in [0.05, 0.1) is 0 Å². The van der Waals surface area contributed by atoms with Gasteiger partial charge in [-0.25, -0.2) is 9.59 Å². The van der Waals surface area contributed by atoms with E-state index >= 15 is 0 Å². The second-order valence-corrected chi connectivity index (χ2v) is 6.55. The summed E-state index contributed by atoms with van der Waals surface area (Å²) in [6.07, 6.45) is 1.09. The van der Waals surface area contributed by atoms with Crippen molar-refractivity contribution in [3.05, 3.63) is 28.4 Å². The smallest absolute Gasteiger partial charge is 0.420 e. The zero-order chi connectivity index (χ0) is 18.0. The fraction of sp³-hybridized carbons (Fsp3) is 0.312. The summed E-state index contributed by atoms with van der Waals surface area (Å²) in [5, 5.41) is 2.85. The van der Waals surface area contributed by atoms with E-state index < -0.39 is 18.1 Å². The molecule has 0 radical (unpaired) electrons. The summed E-state index contributed by atoms with van der Waals surface area (Å²) in [5.41, 5.74) is 5.74. The van der Waals surface area contributed by atoms with Gasteiger partial charge in [-0.3, -0.25) is 10.1 Å². The van der Waals surface area contributed by atoms with Crippen LogP contribution in [-0.4, -0.2) is 36.1 Å². The largest absolute Gasteiger partial charge is 0.449 e. The fourth-order valence-electron chi connectivity index (χ4n) is 2.72. The highest BCUT2D eigenvalue weighted by atomic mass is 79.9. The number of halogens is 1. The van der Waals surface area contributed by atoms with E-state index in [9.17, 15) is 14.4 Å². The summed E-state index contributed by atoms with van der Waals surface area (Å²) < 4.78 is 10.9. The maximum Gasteiger partial charge on any atom is 0.420 e. The van der Waals surface area contributed by atoms with Crippen LogP contribution in [0.15, 0.2) is 27.1 Å². The Morgan fingerprint density at radius 2 is 1.92 bits per heavy atom. The normalized spacial score (nSPS) is 14.4. The average Bonchev–Trinajstić information content (AvgIpc) is 2.93. The molecule has 3 amide bonds. The molecule has 1 aromatic heterocycles. The number of anilines is 1. The summed E-state index contributed by atoms with van der Waals surface area (Å²) in [6, 6.07) is 5.01. The number of nitrogens with zero attached hydrogens (tertiary/aromatic N) is 1. The van der Waals surface area contributed by atoms with Crippen LogP contribution in [0, 0.1) is 0 Å². The van der Waals surface area contributed by atoms with Crippen molar-refractivity contribution < 1.29 is 23.5 Å². The Morgan fingerprint density at radius 1 is 1.20 bits per heavy atom. The zero-order valence-electron chi connectivity index (χ0n) is 13.2. The van der Waals surface area contributed by atoms with Crippen molar-refractivity contribution in [3.8, 4) is 0 Å². The lowest BCUT2D eigenvalue weighted by atomic mass is 10.1. The number of nitrogens with one attached hydrogen (secondary N) is 1. The van der Waals surface area contributed by atoms with Gasteiger partial charge in [0.25, 0.3) is 5.91 Å². The number of hydrogen-bond acceptors (Lipinski definition) is 5. The van der Waals surface area contributed by atoms with Crippen molar-refractivity contribution in [1.82, 2.24) is 4.90 Å². The minimum Gasteiger partial charge on any atom is -0.449 e. The molecule has 1 aliphatic heterocycles. The minimum atomic E-state index is -0.999. The predicted octanol–water partition coefficient (Wildman–Crippen LogP) is 3.45. The molecule has 0 spiro atoms. The first kappa shape index (κ1) is 17.3. The first-order chi connectivity index (χ1) is 12.0. The molecule has 0 unspecified atom stereocenters. The monoisotopic (exact) mass is 409 g/mol. The first-order valence-electron chi connectivity index (χ1n) is 7.75. The molecule has 1 saturated heterocycles. The fourth-order valence-corrected chi connectivity index (χ4v) is 3.08. The van der Waals surface area contributed by atoms with Crippen LogP contribution in [0.1, 0.15) is 29.8 Å². The number of nitrogens with two attached hydrogens (primary N) is 1. The number of likely N-dealkylation sites (tertiary alicyclic amines) is 1. The molecule has 8 nitrogen and oxygen atoms in total. The minimum absolute atomic E-state index is 0.0697. The number of ether oxygens (including phenoxy) is 1. The van der Waals surface area contributed by atoms with E-state index in [1.807, 2.05) is 0 Å². The number of rotatable bonds is 2. The summed E-state index contributed by atoms with van der Waals surface area (Å²) in [4.78, 5) is 37.1. The van der Waals surface area contributed by atoms with E-state index in [0.29, 0.717) is 24.1 Å². The van der Waals surface area contributed by atoms with E-state index in [1.54, 1.807) is 18.2 Å². The Bertz CT molecular complexity index is 842. The summed E-state index contributed by atoms with van der Waals surface area (Å²) in [6.45, 7) is 1.11. The number of carbonyl (C=O) groups excluding carboxylic acids is 3. The third-order valence-corrected chi connectivity index (χ3v) is 4.39. The van der Waals surface area contributed by atoms with Crippen molar-refractivity contribution in [3.63, 3.8) is 0 Å². The third kappa shape index (κ3) is 3.76. The molecule has 132 valence electrons. The molecule has 2 aromatic rings. The molecule has 1 aromatic carbocycles. The number of carbonyl (C=O) groups is 3. The quantitative estimate of drug-likeness (QED) is 0.736. The van der Waals surface area contributed by atoms with Crippen LogP contribution in [0.3, 0.4) is 0 Å². The lowest BCUT2D eigenvalue weighted by molar-refractivity contribution is 0.0977. The number of piperidine rings is 1. The van der Waals surface area contributed by atoms with Crippen LogP contribution in [0.5, 0.6) is 0 Å². The van der Waals surface area contributed by atoms with Crippen molar-refractivity contribution in [1.29, 1.82) is 0 Å². The lowest BCUT2D eigenvalue weighted by Crippen LogP contribution is -2.38. The molecule has 3 N–H and O–H groups in total. The van der Waals surface area contributed by atoms with Gasteiger partial charge in [0.15, 0.2) is 0 Å². The van der Waals surface area contributed by atoms with Gasteiger partial charge in [0, 0.05) is 22.9 Å². The topological polar surface area (TPSA) is 115 Å². The van der Waals surface area contributed by atoms with Crippen molar-refractivity contribution in [2.24, 2.45) is 5.73 Å². The van der Waals surface area contributed by atoms with Gasteiger partial charge in [0.2, 0.25) is 5.76 Å². The molecule has 0 atom stereocenters. The summed E-state index contributed by atoms with van der Waals surface area (Å²) >= 11 is 3.31. The molecule has 3 rings (SSSR count). The van der Waals surface area contributed by atoms with E-state index in [2.05, 4.69) is 21.2 Å². The average molecular weight is 410 g/mol. The molecular weight excluding hydrogens is 394 g/mol. The molecule has 1 aliphatic rings. The van der Waals surface area contributed by atoms with Crippen molar-refractivity contribution >= 4 is 50.7 Å². The molecule has 0 saturated carbocycles. The number of primary amides is 1. The highest BCUT2D eigenvalue weighted by Crippen LogP contribution is 2.33. The van der Waals surface area contributed by atoms with E-state index in [1.165, 1.54) is 4.90 Å². The van der Waals surface area contributed by atoms with Crippen LogP contribution in [-0.2, 0) is 4.74 Å². The SMILES string of the molecule is NC(=O)c1oc2ccc(Br)cc2c1NC(=O)OC(=O)N1CCCCC1. The Balaban J connectivity index is 1.80. The van der Waals surface area contributed by atoms with Gasteiger partial charge in [-0.1, -0.05) is 15.9 Å². The van der Waals surface area contributed by atoms with Gasteiger partial charge in [-0.05, 0) is 37.5 Å². The molecule has 1 fully saturated rings. The molecule has 0 aliphatic carbocycles. The van der Waals surface area contributed by atoms with Crippen LogP contribution in [0.4, 0.5) is 15.3 Å². The number of fused-ring (bicyclic) bond motifs is 1. The van der Waals surface area contributed by atoms with Gasteiger partial charge in [0.1, 0.15) is 11.3 Å². The molecule has 25 heavy (non-hydrogen) atoms. The second kappa shape index (κ2) is 7.14. The van der Waals surface area contributed by atoms with Crippen LogP contribution in [0.25, 0.3) is 11.0 Å². The second-order valence-electron chi connectivity index (χ2n) is 5.64. The number of hydrogen-bond donors (Lipinski definition) is 2. The highest BCUT2D eigenvalue weighted by molar-refractivity contribution is 9.10. The molecule has 2 heterocycles. The van der Waals surface area contributed by atoms with E-state index in [4.69, 9.17) is 14.9 Å². The Kier molecular flexibility index (Phi) is 4.93. The van der Waals surface area contributed by atoms with Gasteiger partial charge in [-0.2, -0.15) is 0 Å². The Hall–Kier alpha value is -2.55. The highest BCUT2D eigenvalue weighted by Gasteiger charge is 2.24. The molecular formula is C16H16BrN3O5. The number of amides is 3. The van der Waals surface area contributed by atoms with Crippen molar-refractivity contribution in [2.45, 2.75) is 19.3 Å². The lowest BCUT2D eigenvalue weighted by Gasteiger charge is -2.25. The first-order valence-corrected chi connectivity index (χ1v) is 8.54. The van der Waals surface area contributed by atoms with E-state index in [0.717, 1.165) is 23.7 Å². The zero-order valence-corrected chi connectivity index (χ0v) is 14.8. The predicted molar refractivity (Wildman–Crippen MR) is 93.4 cm³/mol.